The normalized spacial score (nSPS) is 23.9. The van der Waals surface area contributed by atoms with E-state index >= 15 is 14.4 Å². The SMILES string of the molecule is CC(=O)N[C@@H]1[C@@H](O[C@@H]2O[C@@H](C)[C@@H](OCc3ccccc3)[C@@H](OCc3ccccc3)[C@@H]2OCc2ccccc2)[C@H](O[C@@H]2O[C@H](CO[Si](c3ccccc3)(c3ccccc3)C(C)(C)C)[C@H](OC(=O)c3ccccc3)[C@H](OC(=O)c3ccccc3)[C@H]2OC(=O)c2ccccc2)[C@@H](CO[Si](c2ccccc2)(c2ccccc2)C(C)(C)C)O[C@H]1O. The molecular formula is C94H101NO18Si2. The Bertz CT molecular complexity index is 4620. The largest absolute Gasteiger partial charge is 0.452 e. The van der Waals surface area contributed by atoms with Crippen LogP contribution >= 0.6 is 0 Å². The van der Waals surface area contributed by atoms with Gasteiger partial charge in [0.2, 0.25) is 5.91 Å². The van der Waals surface area contributed by atoms with Gasteiger partial charge in [-0.2, -0.15) is 0 Å². The van der Waals surface area contributed by atoms with Crippen LogP contribution in [0.25, 0.3) is 0 Å². The summed E-state index contributed by atoms with van der Waals surface area (Å²) in [6, 6.07) is 92.1. The van der Waals surface area contributed by atoms with Crippen molar-refractivity contribution in [3.05, 3.63) is 337 Å². The molecule has 115 heavy (non-hydrogen) atoms. The first-order valence-electron chi connectivity index (χ1n) is 39.2. The molecular weight excluding hydrogens is 1490 g/mol. The summed E-state index contributed by atoms with van der Waals surface area (Å²) in [5.74, 6) is -3.26. The van der Waals surface area contributed by atoms with Crippen LogP contribution in [0.3, 0.4) is 0 Å². The van der Waals surface area contributed by atoms with Crippen LogP contribution < -0.4 is 26.1 Å². The average Bonchev–Trinajstić information content (AvgIpc) is 0.749. The van der Waals surface area contributed by atoms with Gasteiger partial charge in [-0.3, -0.25) is 4.79 Å². The number of esters is 3. The molecule has 0 unspecified atom stereocenters. The van der Waals surface area contributed by atoms with Crippen molar-refractivity contribution in [1.29, 1.82) is 0 Å². The second kappa shape index (κ2) is 38.2. The third-order valence-electron chi connectivity index (χ3n) is 21.3. The minimum Gasteiger partial charge on any atom is -0.452 e. The first-order chi connectivity index (χ1) is 55.7. The smallest absolute Gasteiger partial charge is 0.338 e. The van der Waals surface area contributed by atoms with Gasteiger partial charge in [0.15, 0.2) is 37.2 Å². The molecule has 3 aliphatic heterocycles. The molecule has 13 rings (SSSR count). The fraction of sp³-hybridized carbons (Fsp3) is 0.319. The number of hydrogen-bond acceptors (Lipinski definition) is 18. The highest BCUT2D eigenvalue weighted by molar-refractivity contribution is 7.00. The molecule has 0 saturated carbocycles. The molecule has 0 aromatic heterocycles. The van der Waals surface area contributed by atoms with E-state index in [2.05, 4.69) is 46.9 Å². The number of hydrogen-bond donors (Lipinski definition) is 2. The molecule has 0 aliphatic carbocycles. The summed E-state index contributed by atoms with van der Waals surface area (Å²) in [4.78, 5) is 60.5. The zero-order valence-corrected chi connectivity index (χ0v) is 68.0. The maximum atomic E-state index is 15.5. The summed E-state index contributed by atoms with van der Waals surface area (Å²) >= 11 is 0. The van der Waals surface area contributed by atoms with Gasteiger partial charge >= 0.3 is 17.9 Å². The van der Waals surface area contributed by atoms with E-state index in [0.717, 1.165) is 37.4 Å². The summed E-state index contributed by atoms with van der Waals surface area (Å²) in [5, 5.41) is 18.4. The van der Waals surface area contributed by atoms with Crippen molar-refractivity contribution < 1.29 is 85.2 Å². The number of aliphatic hydroxyl groups is 1. The van der Waals surface area contributed by atoms with Crippen molar-refractivity contribution >= 4 is 61.2 Å². The minimum absolute atomic E-state index is 0.0148. The predicted molar refractivity (Wildman–Crippen MR) is 440 cm³/mol. The Morgan fingerprint density at radius 3 is 1.03 bits per heavy atom. The Balaban J connectivity index is 1.02. The van der Waals surface area contributed by atoms with Crippen LogP contribution in [0.5, 0.6) is 0 Å². The highest BCUT2D eigenvalue weighted by Gasteiger charge is 2.61. The topological polar surface area (TPSA) is 221 Å². The standard InChI is InChI=1S/C94H101NO18Si2/c1-64-79(101-59-66-39-19-9-20-40-66)83(102-60-67-41-21-10-22-42-67)85(103-61-68-43-23-11-24-44-68)91(106-64)113-82-78(95-65(2)96)90(100)107-76(62-104-114(93(3,4)5,72-51-31-15-32-52-72)73-53-33-16-34-54-73)80(82)112-92-86(111-89(99)71-49-29-14-30-50-71)84(110-88(98)70-47-27-13-28-48-70)81(109-87(97)69-45-25-12-26-46-69)77(108-92)63-105-115(94(6,7)8,74-55-35-17-36-56-74)75-57-37-18-38-58-75/h9-58,64,76-86,90-92,100H,59-63H2,1-8H3,(H,95,96)/t64-,76+,77+,78+,79+,80+,81-,82+,83+,84-,85-,86+,90+,91-,92-/m0/s1. The summed E-state index contributed by atoms with van der Waals surface area (Å²) in [5.41, 5.74) is 2.86. The first kappa shape index (κ1) is 83.0. The number of amides is 1. The number of aliphatic hydroxyl groups excluding tert-OH is 1. The fourth-order valence-corrected chi connectivity index (χ4v) is 25.0. The van der Waals surface area contributed by atoms with E-state index < -0.39 is 143 Å². The van der Waals surface area contributed by atoms with Crippen LogP contribution in [0, 0.1) is 0 Å². The second-order valence-electron chi connectivity index (χ2n) is 31.2. The molecule has 0 bridgehead atoms. The highest BCUT2D eigenvalue weighted by atomic mass is 28.4. The Kier molecular flexibility index (Phi) is 27.6. The molecule has 3 fully saturated rings. The number of carbonyl (C=O) groups excluding carboxylic acids is 4. The van der Waals surface area contributed by atoms with Gasteiger partial charge in [-0.25, -0.2) is 14.4 Å². The van der Waals surface area contributed by atoms with Gasteiger partial charge in [-0.1, -0.05) is 308 Å². The zero-order chi connectivity index (χ0) is 80.5. The van der Waals surface area contributed by atoms with Crippen LogP contribution in [0.2, 0.25) is 10.1 Å². The van der Waals surface area contributed by atoms with Gasteiger partial charge in [0.05, 0.1) is 55.8 Å². The molecule has 15 atom stereocenters. The maximum Gasteiger partial charge on any atom is 0.338 e. The lowest BCUT2D eigenvalue weighted by atomic mass is 9.94. The molecule has 10 aromatic rings. The van der Waals surface area contributed by atoms with Crippen molar-refractivity contribution in [1.82, 2.24) is 5.32 Å². The van der Waals surface area contributed by atoms with Gasteiger partial charge in [0, 0.05) is 6.92 Å². The lowest BCUT2D eigenvalue weighted by Crippen LogP contribution is -2.72. The summed E-state index contributed by atoms with van der Waals surface area (Å²) in [7, 11) is -7.24. The van der Waals surface area contributed by atoms with Gasteiger partial charge in [-0.05, 0) is 90.8 Å². The molecule has 1 amide bonds. The predicted octanol–water partition coefficient (Wildman–Crippen LogP) is 13.0. The van der Waals surface area contributed by atoms with Gasteiger partial charge < -0.3 is 71.4 Å². The Hall–Kier alpha value is -9.93. The van der Waals surface area contributed by atoms with E-state index in [1.54, 1.807) is 91.0 Å². The molecule has 21 heteroatoms. The monoisotopic (exact) mass is 1590 g/mol. The number of benzene rings is 10. The van der Waals surface area contributed by atoms with Crippen LogP contribution in [0.1, 0.15) is 103 Å². The Morgan fingerprint density at radius 1 is 0.357 bits per heavy atom. The number of nitrogens with one attached hydrogen (secondary N) is 1. The van der Waals surface area contributed by atoms with E-state index in [0.29, 0.717) is 0 Å². The molecule has 3 aliphatic rings. The Morgan fingerprint density at radius 2 is 0.661 bits per heavy atom. The molecule has 0 radical (unpaired) electrons. The molecule has 3 saturated heterocycles. The quantitative estimate of drug-likeness (QED) is 0.0243. The second-order valence-corrected chi connectivity index (χ2v) is 39.8. The molecule has 3 heterocycles. The van der Waals surface area contributed by atoms with Crippen LogP contribution in [0.4, 0.5) is 0 Å². The summed E-state index contributed by atoms with van der Waals surface area (Å²) in [6.07, 6.45) is -20.8. The van der Waals surface area contributed by atoms with Crippen LogP contribution in [-0.2, 0) is 85.6 Å². The van der Waals surface area contributed by atoms with Crippen molar-refractivity contribution in [3.8, 4) is 0 Å². The van der Waals surface area contributed by atoms with E-state index in [-0.39, 0.29) is 49.7 Å². The van der Waals surface area contributed by atoms with E-state index in [1.807, 2.05) is 219 Å². The molecule has 10 aromatic carbocycles. The summed E-state index contributed by atoms with van der Waals surface area (Å²) in [6.45, 7) is 15.4. The zero-order valence-electron chi connectivity index (χ0n) is 66.0. The minimum atomic E-state index is -3.63. The average molecular weight is 1590 g/mol. The van der Waals surface area contributed by atoms with E-state index in [4.69, 9.17) is 61.0 Å². The van der Waals surface area contributed by atoms with Crippen LogP contribution in [-0.4, -0.2) is 151 Å². The lowest BCUT2D eigenvalue weighted by molar-refractivity contribution is -0.375. The number of ether oxygens (including phenoxy) is 11. The van der Waals surface area contributed by atoms with Crippen molar-refractivity contribution in [3.63, 3.8) is 0 Å². The van der Waals surface area contributed by atoms with Crippen molar-refractivity contribution in [2.45, 2.75) is 177 Å². The van der Waals surface area contributed by atoms with E-state index in [9.17, 15) is 9.90 Å². The van der Waals surface area contributed by atoms with Crippen molar-refractivity contribution in [2.75, 3.05) is 13.2 Å². The summed E-state index contributed by atoms with van der Waals surface area (Å²) < 4.78 is 94.8. The fourth-order valence-electron chi connectivity index (χ4n) is 15.8. The van der Waals surface area contributed by atoms with E-state index in [1.165, 1.54) is 6.92 Å². The third kappa shape index (κ3) is 19.6. The molecule has 19 nitrogen and oxygen atoms in total. The maximum absolute atomic E-state index is 15.5. The third-order valence-corrected chi connectivity index (χ3v) is 31.3. The number of carbonyl (C=O) groups is 4. The van der Waals surface area contributed by atoms with Gasteiger partial charge in [0.25, 0.3) is 16.6 Å². The molecule has 0 spiro atoms. The Labute approximate surface area is 675 Å². The molecule has 2 N–H and O–H groups in total. The number of rotatable bonds is 30. The molecule has 598 valence electrons. The van der Waals surface area contributed by atoms with Gasteiger partial charge in [-0.15, -0.1) is 0 Å². The van der Waals surface area contributed by atoms with Crippen molar-refractivity contribution in [2.24, 2.45) is 0 Å². The van der Waals surface area contributed by atoms with Crippen LogP contribution in [0.15, 0.2) is 303 Å². The first-order valence-corrected chi connectivity index (χ1v) is 43.0. The highest BCUT2D eigenvalue weighted by Crippen LogP contribution is 2.43. The lowest BCUT2D eigenvalue weighted by Gasteiger charge is -2.52. The van der Waals surface area contributed by atoms with Gasteiger partial charge in [0.1, 0.15) is 48.8 Å².